The molecule has 3 aromatic rings. The highest BCUT2D eigenvalue weighted by atomic mass is 32.1. The Morgan fingerprint density at radius 2 is 1.78 bits per heavy atom. The number of fused-ring (bicyclic) bond motifs is 1. The molecule has 4 rings (SSSR count). The SMILES string of the molecule is CNCc1ccc(Oc2ccc(-c3sc4c(c3C)CC(C)(C)CC4)c(C)c2)cc1.O=CO. The monoisotopic (exact) mass is 451 g/mol. The lowest BCUT2D eigenvalue weighted by Crippen LogP contribution is -2.21. The van der Waals surface area contributed by atoms with E-state index in [1.807, 2.05) is 30.5 Å². The molecule has 0 fully saturated rings. The second-order valence-electron chi connectivity index (χ2n) is 9.16. The fourth-order valence-corrected chi connectivity index (χ4v) is 5.70. The Hall–Kier alpha value is -2.63. The van der Waals surface area contributed by atoms with E-state index in [4.69, 9.17) is 14.6 Å². The molecule has 0 radical (unpaired) electrons. The number of thiophene rings is 1. The second kappa shape index (κ2) is 10.3. The van der Waals surface area contributed by atoms with E-state index in [1.54, 1.807) is 10.4 Å². The highest BCUT2D eigenvalue weighted by molar-refractivity contribution is 7.16. The van der Waals surface area contributed by atoms with Crippen LogP contribution in [-0.2, 0) is 24.2 Å². The average molecular weight is 452 g/mol. The van der Waals surface area contributed by atoms with E-state index in [1.165, 1.54) is 46.4 Å². The van der Waals surface area contributed by atoms with Crippen LogP contribution in [0.2, 0.25) is 0 Å². The third-order valence-corrected chi connectivity index (χ3v) is 7.45. The summed E-state index contributed by atoms with van der Waals surface area (Å²) in [7, 11) is 1.96. The van der Waals surface area contributed by atoms with Crippen LogP contribution in [0.1, 0.15) is 47.4 Å². The van der Waals surface area contributed by atoms with Gasteiger partial charge in [0.2, 0.25) is 0 Å². The van der Waals surface area contributed by atoms with Gasteiger partial charge < -0.3 is 15.2 Å². The number of ether oxygens (including phenoxy) is 1. The van der Waals surface area contributed by atoms with Crippen molar-refractivity contribution >= 4 is 17.8 Å². The first-order chi connectivity index (χ1) is 15.3. The summed E-state index contributed by atoms with van der Waals surface area (Å²) in [4.78, 5) is 11.4. The topological polar surface area (TPSA) is 58.6 Å². The Balaban J connectivity index is 0.000000913. The molecule has 1 aliphatic rings. The van der Waals surface area contributed by atoms with Gasteiger partial charge in [0.15, 0.2) is 0 Å². The molecule has 2 aromatic carbocycles. The molecular formula is C27H33NO3S. The first kappa shape index (κ1) is 24.0. The summed E-state index contributed by atoms with van der Waals surface area (Å²) < 4.78 is 6.10. The molecule has 0 amide bonds. The predicted octanol–water partition coefficient (Wildman–Crippen LogP) is 6.76. The van der Waals surface area contributed by atoms with Gasteiger partial charge in [0.05, 0.1) is 0 Å². The summed E-state index contributed by atoms with van der Waals surface area (Å²) in [6, 6.07) is 14.8. The minimum absolute atomic E-state index is 0.250. The van der Waals surface area contributed by atoms with E-state index in [-0.39, 0.29) is 6.47 Å². The fraction of sp³-hybridized carbons (Fsp3) is 0.370. The van der Waals surface area contributed by atoms with Crippen molar-refractivity contribution in [1.82, 2.24) is 5.32 Å². The van der Waals surface area contributed by atoms with Gasteiger partial charge in [-0.15, -0.1) is 11.3 Å². The highest BCUT2D eigenvalue weighted by Crippen LogP contribution is 2.45. The largest absolute Gasteiger partial charge is 0.483 e. The van der Waals surface area contributed by atoms with Crippen LogP contribution >= 0.6 is 11.3 Å². The van der Waals surface area contributed by atoms with Gasteiger partial charge in [-0.05, 0) is 104 Å². The van der Waals surface area contributed by atoms with Gasteiger partial charge in [0.25, 0.3) is 6.47 Å². The number of carbonyl (C=O) groups is 1. The van der Waals surface area contributed by atoms with Crippen LogP contribution in [0.4, 0.5) is 0 Å². The smallest absolute Gasteiger partial charge is 0.290 e. The summed E-state index contributed by atoms with van der Waals surface area (Å²) in [5.41, 5.74) is 7.38. The zero-order chi connectivity index (χ0) is 23.3. The maximum atomic E-state index is 8.36. The van der Waals surface area contributed by atoms with Gasteiger partial charge in [-0.2, -0.15) is 0 Å². The Labute approximate surface area is 195 Å². The molecule has 1 heterocycles. The lowest BCUT2D eigenvalue weighted by Gasteiger charge is -2.29. The Bertz CT molecular complexity index is 1070. The molecule has 0 saturated carbocycles. The quantitative estimate of drug-likeness (QED) is 0.421. The third kappa shape index (κ3) is 5.59. The van der Waals surface area contributed by atoms with Gasteiger partial charge in [-0.1, -0.05) is 26.0 Å². The molecule has 0 atom stereocenters. The van der Waals surface area contributed by atoms with E-state index in [2.05, 4.69) is 63.3 Å². The van der Waals surface area contributed by atoms with Gasteiger partial charge in [-0.25, -0.2) is 0 Å². The zero-order valence-corrected chi connectivity index (χ0v) is 20.4. The molecule has 0 aliphatic heterocycles. The minimum atomic E-state index is -0.250. The number of hydrogen-bond donors (Lipinski definition) is 2. The molecule has 32 heavy (non-hydrogen) atoms. The van der Waals surface area contributed by atoms with E-state index >= 15 is 0 Å². The summed E-state index contributed by atoms with van der Waals surface area (Å²) >= 11 is 2.00. The standard InChI is InChI=1S/C26H31NOS.CH2O2/c1-17-14-21(28-20-8-6-19(7-9-20)16-27-5)10-11-22(17)25-18(2)23-15-26(3,4)13-12-24(23)29-25;2-1-3/h6-11,14,27H,12-13,15-16H2,1-5H3;1H,(H,2,3). The lowest BCUT2D eigenvalue weighted by molar-refractivity contribution is -0.122. The van der Waals surface area contributed by atoms with Crippen molar-refractivity contribution in [3.8, 4) is 21.9 Å². The van der Waals surface area contributed by atoms with Crippen LogP contribution in [-0.4, -0.2) is 18.6 Å². The third-order valence-electron chi connectivity index (χ3n) is 6.02. The molecule has 5 heteroatoms. The van der Waals surface area contributed by atoms with Crippen molar-refractivity contribution in [1.29, 1.82) is 0 Å². The average Bonchev–Trinajstić information content (AvgIpc) is 3.05. The van der Waals surface area contributed by atoms with Crippen molar-refractivity contribution in [3.05, 3.63) is 69.6 Å². The maximum absolute atomic E-state index is 8.36. The molecule has 0 saturated heterocycles. The van der Waals surface area contributed by atoms with Gasteiger partial charge in [0, 0.05) is 16.3 Å². The molecular weight excluding hydrogens is 418 g/mol. The second-order valence-corrected chi connectivity index (χ2v) is 10.3. The van der Waals surface area contributed by atoms with Gasteiger partial charge in [0.1, 0.15) is 11.5 Å². The molecule has 0 unspecified atom stereocenters. The maximum Gasteiger partial charge on any atom is 0.290 e. The summed E-state index contributed by atoms with van der Waals surface area (Å²) in [5.74, 6) is 1.77. The van der Waals surface area contributed by atoms with Crippen LogP contribution in [0.25, 0.3) is 10.4 Å². The van der Waals surface area contributed by atoms with Crippen molar-refractivity contribution in [2.24, 2.45) is 5.41 Å². The molecule has 170 valence electrons. The number of benzene rings is 2. The summed E-state index contributed by atoms with van der Waals surface area (Å²) in [6.45, 7) is 9.92. The van der Waals surface area contributed by atoms with Crippen LogP contribution < -0.4 is 10.1 Å². The van der Waals surface area contributed by atoms with Crippen molar-refractivity contribution in [3.63, 3.8) is 0 Å². The molecule has 2 N–H and O–H groups in total. The molecule has 0 spiro atoms. The summed E-state index contributed by atoms with van der Waals surface area (Å²) in [6.07, 6.45) is 3.71. The Morgan fingerprint density at radius 3 is 2.41 bits per heavy atom. The highest BCUT2D eigenvalue weighted by Gasteiger charge is 2.29. The van der Waals surface area contributed by atoms with E-state index < -0.39 is 0 Å². The minimum Gasteiger partial charge on any atom is -0.483 e. The first-order valence-corrected chi connectivity index (χ1v) is 11.8. The van der Waals surface area contributed by atoms with E-state index in [0.29, 0.717) is 5.41 Å². The van der Waals surface area contributed by atoms with Crippen LogP contribution in [0.5, 0.6) is 11.5 Å². The first-order valence-electron chi connectivity index (χ1n) is 11.0. The van der Waals surface area contributed by atoms with Crippen molar-refractivity contribution < 1.29 is 14.6 Å². The zero-order valence-electron chi connectivity index (χ0n) is 19.6. The Kier molecular flexibility index (Phi) is 7.75. The number of carboxylic acid groups (broad SMARTS) is 1. The predicted molar refractivity (Wildman–Crippen MR) is 133 cm³/mol. The number of rotatable bonds is 5. The summed E-state index contributed by atoms with van der Waals surface area (Å²) in [5, 5.41) is 10.1. The van der Waals surface area contributed by atoms with Gasteiger partial charge in [-0.3, -0.25) is 4.79 Å². The molecule has 4 nitrogen and oxygen atoms in total. The van der Waals surface area contributed by atoms with Crippen LogP contribution in [0.15, 0.2) is 42.5 Å². The molecule has 0 bridgehead atoms. The van der Waals surface area contributed by atoms with E-state index in [0.717, 1.165) is 18.0 Å². The fourth-order valence-electron chi connectivity index (χ4n) is 4.29. The molecule has 1 aliphatic carbocycles. The van der Waals surface area contributed by atoms with Crippen molar-refractivity contribution in [2.45, 2.75) is 53.5 Å². The van der Waals surface area contributed by atoms with E-state index in [9.17, 15) is 0 Å². The normalized spacial score (nSPS) is 14.2. The number of aryl methyl sites for hydroxylation is 2. The Morgan fingerprint density at radius 1 is 1.12 bits per heavy atom. The molecule has 1 aromatic heterocycles. The number of nitrogens with one attached hydrogen (secondary N) is 1. The lowest BCUT2D eigenvalue weighted by atomic mass is 9.76. The number of hydrogen-bond acceptors (Lipinski definition) is 4. The van der Waals surface area contributed by atoms with Gasteiger partial charge >= 0.3 is 0 Å². The van der Waals surface area contributed by atoms with Crippen molar-refractivity contribution in [2.75, 3.05) is 7.05 Å². The van der Waals surface area contributed by atoms with Crippen LogP contribution in [0, 0.1) is 19.3 Å². The van der Waals surface area contributed by atoms with Crippen LogP contribution in [0.3, 0.4) is 0 Å².